The Bertz CT molecular complexity index is 2830. The van der Waals surface area contributed by atoms with Gasteiger partial charge in [-0.1, -0.05) is 17.7 Å². The van der Waals surface area contributed by atoms with Gasteiger partial charge in [-0.25, -0.2) is 31.9 Å². The van der Waals surface area contributed by atoms with Crippen LogP contribution in [0.4, 0.5) is 38.5 Å². The number of nitrogens with zero attached hydrogens (tertiary/aromatic N) is 9. The number of halogens is 5. The van der Waals surface area contributed by atoms with Crippen LogP contribution in [0.2, 0.25) is 0 Å². The van der Waals surface area contributed by atoms with Crippen LogP contribution in [0, 0.1) is 11.3 Å². The molecular formula is C45H50F5N11O6S. The predicted molar refractivity (Wildman–Crippen MR) is 244 cm³/mol. The maximum Gasteiger partial charge on any atom is 0.490 e. The average Bonchev–Trinajstić information content (AvgIpc) is 3.64. The van der Waals surface area contributed by atoms with Crippen molar-refractivity contribution < 1.29 is 45.7 Å². The normalized spacial score (nSPS) is 16.0. The van der Waals surface area contributed by atoms with Crippen molar-refractivity contribution in [2.45, 2.75) is 68.5 Å². The van der Waals surface area contributed by atoms with Crippen molar-refractivity contribution in [3.8, 4) is 6.07 Å². The van der Waals surface area contributed by atoms with Crippen LogP contribution in [-0.4, -0.2) is 120 Å². The van der Waals surface area contributed by atoms with E-state index in [9.17, 15) is 45.8 Å². The lowest BCUT2D eigenvalue weighted by Crippen LogP contribution is -2.40. The highest BCUT2D eigenvalue weighted by Gasteiger charge is 2.38. The minimum absolute atomic E-state index is 0.0264. The number of aldehydes is 1. The highest BCUT2D eigenvalue weighted by Crippen LogP contribution is 2.34. The molecule has 2 aromatic carbocycles. The van der Waals surface area contributed by atoms with Gasteiger partial charge in [-0.15, -0.1) is 0 Å². The van der Waals surface area contributed by atoms with Crippen molar-refractivity contribution in [3.63, 3.8) is 0 Å². The lowest BCUT2D eigenvalue weighted by atomic mass is 9.88. The molecule has 1 unspecified atom stereocenters. The molecule has 2 amide bonds. The van der Waals surface area contributed by atoms with E-state index in [1.165, 1.54) is 23.7 Å². The fraction of sp³-hybridized carbons (Fsp3) is 0.422. The summed E-state index contributed by atoms with van der Waals surface area (Å²) in [5, 5.41) is 28.8. The largest absolute Gasteiger partial charge is 0.490 e. The number of rotatable bonds is 13. The number of piperidine rings is 2. The van der Waals surface area contributed by atoms with Gasteiger partial charge in [0, 0.05) is 76.8 Å². The molecule has 0 saturated carbocycles. The Morgan fingerprint density at radius 2 is 1.75 bits per heavy atom. The van der Waals surface area contributed by atoms with Crippen molar-refractivity contribution in [2.24, 2.45) is 14.1 Å². The monoisotopic (exact) mass is 967 g/mol. The number of nitriles is 1. The Hall–Kier alpha value is -6.64. The van der Waals surface area contributed by atoms with Crippen LogP contribution in [0.15, 0.2) is 63.9 Å². The zero-order valence-corrected chi connectivity index (χ0v) is 38.4. The lowest BCUT2D eigenvalue weighted by Gasteiger charge is -2.32. The van der Waals surface area contributed by atoms with Crippen LogP contribution in [0.5, 0.6) is 0 Å². The number of nitrogens with one attached hydrogen (secondary N) is 2. The molecule has 68 heavy (non-hydrogen) atoms. The Morgan fingerprint density at radius 3 is 2.37 bits per heavy atom. The number of fused-ring (bicyclic) bond motifs is 2. The SMILES string of the molecule is CNC(=O)N(CCC=O)c1nn(C)c2cc(C3CCN(C/C(C)=C/c4cc(S(=O)N5CCC(Nc6ncc7cc(C(F)F)c(=O)n(C)c7n6)CC5)ccc4C#N)CC3)ccc12.O=C(O)C(F)(F)F. The van der Waals surface area contributed by atoms with Crippen molar-refractivity contribution in [3.05, 3.63) is 86.8 Å². The van der Waals surface area contributed by atoms with E-state index in [1.54, 1.807) is 23.9 Å². The molecule has 2 saturated heterocycles. The number of carbonyl (C=O) groups is 3. The fourth-order valence-corrected chi connectivity index (χ4v) is 9.54. The lowest BCUT2D eigenvalue weighted by molar-refractivity contribution is -0.192. The number of hydrogen-bond acceptors (Lipinski definition) is 11. The molecule has 362 valence electrons. The molecule has 3 N–H and O–H groups in total. The van der Waals surface area contributed by atoms with Gasteiger partial charge >= 0.3 is 18.2 Å². The van der Waals surface area contributed by atoms with Crippen LogP contribution in [0.1, 0.15) is 73.6 Å². The number of aliphatic carboxylic acids is 1. The number of urea groups is 1. The summed E-state index contributed by atoms with van der Waals surface area (Å²) >= 11 is 0. The van der Waals surface area contributed by atoms with Gasteiger partial charge in [0.1, 0.15) is 22.9 Å². The average molecular weight is 968 g/mol. The van der Waals surface area contributed by atoms with Crippen molar-refractivity contribution in [1.29, 1.82) is 5.26 Å². The number of hydrogen-bond donors (Lipinski definition) is 3. The number of anilines is 2. The second-order valence-electron chi connectivity index (χ2n) is 16.4. The first kappa shape index (κ1) is 50.8. The summed E-state index contributed by atoms with van der Waals surface area (Å²) < 4.78 is 77.0. The molecule has 5 aromatic rings. The number of likely N-dealkylation sites (tertiary alicyclic amines) is 1. The van der Waals surface area contributed by atoms with Gasteiger partial charge in [-0.2, -0.15) is 28.5 Å². The number of alkyl halides is 5. The van der Waals surface area contributed by atoms with Crippen molar-refractivity contribution in [1.82, 2.24) is 38.8 Å². The van der Waals surface area contributed by atoms with Gasteiger partial charge in [0.2, 0.25) is 5.95 Å². The van der Waals surface area contributed by atoms with E-state index >= 15 is 0 Å². The first-order chi connectivity index (χ1) is 32.3. The first-order valence-electron chi connectivity index (χ1n) is 21.5. The van der Waals surface area contributed by atoms with E-state index in [0.717, 1.165) is 71.4 Å². The summed E-state index contributed by atoms with van der Waals surface area (Å²) in [5.74, 6) is -1.58. The summed E-state index contributed by atoms with van der Waals surface area (Å²) in [7, 11) is 3.37. The van der Waals surface area contributed by atoms with Gasteiger partial charge in [0.25, 0.3) is 12.0 Å². The van der Waals surface area contributed by atoms with Crippen LogP contribution < -0.4 is 21.1 Å². The van der Waals surface area contributed by atoms with E-state index < -0.39 is 40.7 Å². The maximum absolute atomic E-state index is 13.8. The van der Waals surface area contributed by atoms with E-state index in [0.29, 0.717) is 53.5 Å². The smallest absolute Gasteiger partial charge is 0.475 e. The minimum Gasteiger partial charge on any atom is -0.475 e. The number of aromatic nitrogens is 5. The second kappa shape index (κ2) is 22.0. The second-order valence-corrected chi connectivity index (χ2v) is 17.9. The summed E-state index contributed by atoms with van der Waals surface area (Å²) in [6.45, 7) is 5.89. The number of aryl methyl sites for hydroxylation is 2. The number of carbonyl (C=O) groups excluding carboxylic acids is 2. The summed E-state index contributed by atoms with van der Waals surface area (Å²) in [4.78, 5) is 58.3. The summed E-state index contributed by atoms with van der Waals surface area (Å²) in [6.07, 6.45) is -0.300. The number of carboxylic acid groups (broad SMARTS) is 1. The van der Waals surface area contributed by atoms with Crippen LogP contribution in [0.3, 0.4) is 0 Å². The molecule has 2 aliphatic rings. The molecule has 17 nitrogen and oxygen atoms in total. The third-order valence-corrected chi connectivity index (χ3v) is 13.3. The number of amides is 2. The molecule has 0 aliphatic carbocycles. The van der Waals surface area contributed by atoms with E-state index in [-0.39, 0.29) is 36.6 Å². The van der Waals surface area contributed by atoms with Crippen molar-refractivity contribution >= 4 is 69.1 Å². The van der Waals surface area contributed by atoms with Crippen molar-refractivity contribution in [2.75, 3.05) is 56.5 Å². The zero-order valence-electron chi connectivity index (χ0n) is 37.6. The number of pyridine rings is 1. The Balaban J connectivity index is 0.00000101. The topological polar surface area (TPSA) is 212 Å². The first-order valence-corrected chi connectivity index (χ1v) is 22.7. The molecule has 0 bridgehead atoms. The third-order valence-electron chi connectivity index (χ3n) is 11.8. The van der Waals surface area contributed by atoms with Crippen LogP contribution >= 0.6 is 0 Å². The Kier molecular flexibility index (Phi) is 16.4. The standard InChI is InChI=1S/C43H49F2N11O4S.C2HF3O2/c1-27(26-54-15-10-28(11-16-54)29-7-9-35-37(23-29)53(4)51-40(35)56(14-5-19-57)43(59)47-2)20-31-21-34(8-6-30(31)24-46)61(60)55-17-12-33(13-18-55)49-42-48-25-32-22-36(38(44)45)41(58)52(3)39(32)50-42;3-2(4,5)1(6)7/h6-9,19-23,25,28,33,38H,5,10-18,26H2,1-4H3,(H,47,59)(H,48,49,50);(H,6,7)/b27-20+;. The van der Waals surface area contributed by atoms with E-state index in [4.69, 9.17) is 9.90 Å². The summed E-state index contributed by atoms with van der Waals surface area (Å²) in [6, 6.07) is 14.7. The molecule has 3 aromatic heterocycles. The zero-order chi connectivity index (χ0) is 49.4. The van der Waals surface area contributed by atoms with Crippen LogP contribution in [-0.2, 0) is 34.7 Å². The maximum atomic E-state index is 13.8. The van der Waals surface area contributed by atoms with Gasteiger partial charge in [-0.3, -0.25) is 23.8 Å². The van der Waals surface area contributed by atoms with Gasteiger partial charge < -0.3 is 20.5 Å². The van der Waals surface area contributed by atoms with E-state index in [2.05, 4.69) is 55.7 Å². The van der Waals surface area contributed by atoms with Gasteiger partial charge in [-0.05, 0) is 99.1 Å². The highest BCUT2D eigenvalue weighted by atomic mass is 32.2. The predicted octanol–water partition coefficient (Wildman–Crippen LogP) is 6.27. The molecule has 2 fully saturated rings. The van der Waals surface area contributed by atoms with Gasteiger partial charge in [0.05, 0.1) is 27.6 Å². The molecule has 1 atom stereocenters. The number of carboxylic acids is 1. The van der Waals surface area contributed by atoms with Crippen LogP contribution in [0.25, 0.3) is 28.0 Å². The summed E-state index contributed by atoms with van der Waals surface area (Å²) in [5.41, 5.74) is 3.34. The highest BCUT2D eigenvalue weighted by molar-refractivity contribution is 7.82. The molecule has 5 heterocycles. The molecule has 0 spiro atoms. The molecular weight excluding hydrogens is 918 g/mol. The molecule has 2 aliphatic heterocycles. The van der Waals surface area contributed by atoms with E-state index in [1.807, 2.05) is 29.6 Å². The third kappa shape index (κ3) is 11.9. The molecule has 23 heteroatoms. The minimum atomic E-state index is -5.08. The quantitative estimate of drug-likeness (QED) is 0.0880. The fourth-order valence-electron chi connectivity index (χ4n) is 8.28. The number of benzene rings is 2. The Labute approximate surface area is 389 Å². The van der Waals surface area contributed by atoms with Gasteiger partial charge in [0.15, 0.2) is 5.82 Å². The Morgan fingerprint density at radius 1 is 1.06 bits per heavy atom. The molecule has 7 rings (SSSR count). The molecule has 0 radical (unpaired) electrons.